The van der Waals surface area contributed by atoms with Gasteiger partial charge in [0.05, 0.1) is 0 Å². The van der Waals surface area contributed by atoms with E-state index in [4.69, 9.17) is 0 Å². The first-order valence-corrected chi connectivity index (χ1v) is 7.45. The van der Waals surface area contributed by atoms with Gasteiger partial charge in [-0.15, -0.1) is 0 Å². The van der Waals surface area contributed by atoms with Crippen molar-refractivity contribution in [3.8, 4) is 5.75 Å². The predicted molar refractivity (Wildman–Crippen MR) is 83.3 cm³/mol. The summed E-state index contributed by atoms with van der Waals surface area (Å²) in [6.45, 7) is 9.20. The zero-order valence-electron chi connectivity index (χ0n) is 12.9. The lowest BCUT2D eigenvalue weighted by atomic mass is 10.0. The molecule has 106 valence electrons. The number of hydrogen-bond donors (Lipinski definition) is 1. The van der Waals surface area contributed by atoms with Crippen molar-refractivity contribution in [3.63, 3.8) is 0 Å². The Morgan fingerprint density at radius 3 is 2.11 bits per heavy atom. The lowest BCUT2D eigenvalue weighted by Gasteiger charge is -2.24. The number of likely N-dealkylation sites (N-methyl/N-ethyl adjacent to an activating group) is 1. The zero-order chi connectivity index (χ0) is 14.4. The van der Waals surface area contributed by atoms with Crippen LogP contribution >= 0.6 is 0 Å². The molecule has 0 radical (unpaired) electrons. The molecule has 0 aromatic heterocycles. The van der Waals surface area contributed by atoms with Gasteiger partial charge in [0.2, 0.25) is 0 Å². The molecule has 2 heteroatoms. The summed E-state index contributed by atoms with van der Waals surface area (Å²) in [5.74, 6) is 1.08. The van der Waals surface area contributed by atoms with Gasteiger partial charge in [0, 0.05) is 12.6 Å². The van der Waals surface area contributed by atoms with Crippen molar-refractivity contribution in [1.29, 1.82) is 0 Å². The quantitative estimate of drug-likeness (QED) is 0.820. The maximum Gasteiger partial charge on any atom is 0.115 e. The molecule has 3 rings (SSSR count). The molecular weight excluding hydrogens is 234 g/mol. The van der Waals surface area contributed by atoms with Gasteiger partial charge in [-0.05, 0) is 42.7 Å². The minimum atomic E-state index is 0.343. The van der Waals surface area contributed by atoms with Crippen LogP contribution in [0.1, 0.15) is 39.7 Å². The van der Waals surface area contributed by atoms with Crippen LogP contribution in [0.3, 0.4) is 0 Å². The van der Waals surface area contributed by atoms with E-state index in [1.807, 2.05) is 39.8 Å². The second kappa shape index (κ2) is 7.34. The molecule has 1 aromatic rings. The third-order valence-electron chi connectivity index (χ3n) is 3.56. The number of phenolic OH excluding ortho intramolecular Hbond substituents is 1. The van der Waals surface area contributed by atoms with Gasteiger partial charge in [0.1, 0.15) is 5.75 Å². The standard InChI is InChI=1S/C13H15NO.2C2H6/c1-14-8-9-6-12(13(14)7-9)10-2-4-11(15)5-3-10;2*1-2/h2-6,9,13,15H,7-8H2,1H3;2*1-2H3. The molecular formula is C17H27NO. The number of phenols is 1. The van der Waals surface area contributed by atoms with Crippen LogP contribution in [0.4, 0.5) is 0 Å². The van der Waals surface area contributed by atoms with E-state index in [1.165, 1.54) is 24.1 Å². The number of nitrogens with zero attached hydrogens (tertiary/aromatic N) is 1. The summed E-state index contributed by atoms with van der Waals surface area (Å²) in [6, 6.07) is 8.15. The summed E-state index contributed by atoms with van der Waals surface area (Å²) in [6.07, 6.45) is 3.67. The SMILES string of the molecule is CC.CC.CN1CC2C=C(c3ccc(O)cc3)C1C2. The predicted octanol–water partition coefficient (Wildman–Crippen LogP) is 4.16. The van der Waals surface area contributed by atoms with Gasteiger partial charge in [-0.2, -0.15) is 0 Å². The van der Waals surface area contributed by atoms with Crippen molar-refractivity contribution in [2.45, 2.75) is 40.2 Å². The Morgan fingerprint density at radius 1 is 1.05 bits per heavy atom. The molecule has 19 heavy (non-hydrogen) atoms. The molecule has 2 unspecified atom stereocenters. The Kier molecular flexibility index (Phi) is 6.10. The van der Waals surface area contributed by atoms with Crippen molar-refractivity contribution >= 4 is 5.57 Å². The Balaban J connectivity index is 0.000000415. The van der Waals surface area contributed by atoms with Crippen LogP contribution in [0.25, 0.3) is 5.57 Å². The maximum absolute atomic E-state index is 9.25. The highest BCUT2D eigenvalue weighted by Gasteiger charge is 2.37. The fourth-order valence-electron chi connectivity index (χ4n) is 2.83. The van der Waals surface area contributed by atoms with Crippen LogP contribution in [-0.4, -0.2) is 29.6 Å². The number of hydrogen-bond acceptors (Lipinski definition) is 2. The van der Waals surface area contributed by atoms with Crippen LogP contribution in [-0.2, 0) is 0 Å². The smallest absolute Gasteiger partial charge is 0.115 e. The molecule has 1 heterocycles. The van der Waals surface area contributed by atoms with Crippen LogP contribution < -0.4 is 0 Å². The highest BCUT2D eigenvalue weighted by molar-refractivity contribution is 5.73. The molecule has 2 bridgehead atoms. The second-order valence-electron chi connectivity index (χ2n) is 4.62. The molecule has 0 spiro atoms. The van der Waals surface area contributed by atoms with Crippen LogP contribution in [0.5, 0.6) is 5.75 Å². The van der Waals surface area contributed by atoms with E-state index in [2.05, 4.69) is 18.0 Å². The average Bonchev–Trinajstić information content (AvgIpc) is 3.03. The normalized spacial score (nSPS) is 23.9. The fraction of sp³-hybridized carbons (Fsp3) is 0.529. The first kappa shape index (κ1) is 15.8. The molecule has 2 nitrogen and oxygen atoms in total. The molecule has 1 fully saturated rings. The van der Waals surface area contributed by atoms with Crippen molar-refractivity contribution < 1.29 is 5.11 Å². The third-order valence-corrected chi connectivity index (χ3v) is 3.56. The van der Waals surface area contributed by atoms with Crippen molar-refractivity contribution in [1.82, 2.24) is 4.90 Å². The zero-order valence-corrected chi connectivity index (χ0v) is 12.9. The van der Waals surface area contributed by atoms with E-state index in [-0.39, 0.29) is 0 Å². The van der Waals surface area contributed by atoms with E-state index in [0.29, 0.717) is 11.8 Å². The Morgan fingerprint density at radius 2 is 1.63 bits per heavy atom. The van der Waals surface area contributed by atoms with E-state index < -0.39 is 0 Å². The minimum absolute atomic E-state index is 0.343. The lowest BCUT2D eigenvalue weighted by Crippen LogP contribution is -2.27. The largest absolute Gasteiger partial charge is 0.508 e. The summed E-state index contributed by atoms with van der Waals surface area (Å²) >= 11 is 0. The van der Waals surface area contributed by atoms with Gasteiger partial charge in [-0.25, -0.2) is 0 Å². The molecule has 2 atom stereocenters. The first-order valence-electron chi connectivity index (χ1n) is 7.45. The highest BCUT2D eigenvalue weighted by atomic mass is 16.3. The van der Waals surface area contributed by atoms with Crippen molar-refractivity contribution in [3.05, 3.63) is 35.9 Å². The summed E-state index contributed by atoms with van der Waals surface area (Å²) in [4.78, 5) is 2.42. The molecule has 1 N–H and O–H groups in total. The molecule has 1 aromatic carbocycles. The lowest BCUT2D eigenvalue weighted by molar-refractivity contribution is 0.353. The number of aromatic hydroxyl groups is 1. The monoisotopic (exact) mass is 261 g/mol. The average molecular weight is 261 g/mol. The Hall–Kier alpha value is -1.28. The van der Waals surface area contributed by atoms with Crippen LogP contribution in [0.2, 0.25) is 0 Å². The van der Waals surface area contributed by atoms with Gasteiger partial charge in [-0.3, -0.25) is 4.90 Å². The number of likely N-dealkylation sites (tertiary alicyclic amines) is 1. The van der Waals surface area contributed by atoms with Crippen molar-refractivity contribution in [2.75, 3.05) is 13.6 Å². The molecule has 1 aliphatic heterocycles. The highest BCUT2D eigenvalue weighted by Crippen LogP contribution is 2.40. The second-order valence-corrected chi connectivity index (χ2v) is 4.62. The van der Waals surface area contributed by atoms with Gasteiger partial charge in [0.25, 0.3) is 0 Å². The Labute approximate surface area is 117 Å². The van der Waals surface area contributed by atoms with E-state index in [0.717, 1.165) is 5.92 Å². The van der Waals surface area contributed by atoms with E-state index in [1.54, 1.807) is 12.1 Å². The van der Waals surface area contributed by atoms with Crippen LogP contribution in [0.15, 0.2) is 30.3 Å². The van der Waals surface area contributed by atoms with Gasteiger partial charge < -0.3 is 5.11 Å². The molecule has 1 aliphatic carbocycles. The maximum atomic E-state index is 9.25. The Bertz CT molecular complexity index is 408. The number of benzene rings is 1. The molecule has 1 saturated heterocycles. The van der Waals surface area contributed by atoms with Gasteiger partial charge in [-0.1, -0.05) is 45.9 Å². The van der Waals surface area contributed by atoms with E-state index in [9.17, 15) is 5.11 Å². The molecule has 0 amide bonds. The fourth-order valence-corrected chi connectivity index (χ4v) is 2.83. The summed E-state index contributed by atoms with van der Waals surface area (Å²) < 4.78 is 0. The molecule has 2 aliphatic rings. The topological polar surface area (TPSA) is 23.5 Å². The number of fused-ring (bicyclic) bond motifs is 2. The minimum Gasteiger partial charge on any atom is -0.508 e. The van der Waals surface area contributed by atoms with Crippen LogP contribution in [0, 0.1) is 5.92 Å². The summed E-state index contributed by atoms with van der Waals surface area (Å²) in [5, 5.41) is 9.25. The van der Waals surface area contributed by atoms with Gasteiger partial charge in [0.15, 0.2) is 0 Å². The van der Waals surface area contributed by atoms with E-state index >= 15 is 0 Å². The third kappa shape index (κ3) is 3.38. The summed E-state index contributed by atoms with van der Waals surface area (Å²) in [7, 11) is 2.19. The van der Waals surface area contributed by atoms with Gasteiger partial charge >= 0.3 is 0 Å². The summed E-state index contributed by atoms with van der Waals surface area (Å²) in [5.41, 5.74) is 2.70. The van der Waals surface area contributed by atoms with Crippen molar-refractivity contribution in [2.24, 2.45) is 5.92 Å². The number of rotatable bonds is 1. The first-order chi connectivity index (χ1) is 9.24. The molecule has 0 saturated carbocycles.